The van der Waals surface area contributed by atoms with Crippen LogP contribution in [0.4, 0.5) is 4.79 Å². The Morgan fingerprint density at radius 3 is 2.44 bits per heavy atom. The number of ether oxygens (including phenoxy) is 2. The van der Waals surface area contributed by atoms with Crippen LogP contribution >= 0.6 is 23.4 Å². The first kappa shape index (κ1) is 23.6. The Hall–Kier alpha value is -3.55. The highest BCUT2D eigenvalue weighted by molar-refractivity contribution is 8.18. The van der Waals surface area contributed by atoms with Crippen LogP contribution in [-0.4, -0.2) is 28.6 Å². The van der Waals surface area contributed by atoms with E-state index in [0.717, 1.165) is 17.3 Å². The first-order valence-electron chi connectivity index (χ1n) is 10.5. The lowest BCUT2D eigenvalue weighted by Gasteiger charge is -2.12. The lowest BCUT2D eigenvalue weighted by molar-refractivity contribution is -0.123. The molecule has 4 rings (SSSR count). The van der Waals surface area contributed by atoms with Gasteiger partial charge < -0.3 is 9.47 Å². The molecule has 1 saturated heterocycles. The predicted molar refractivity (Wildman–Crippen MR) is 132 cm³/mol. The van der Waals surface area contributed by atoms with Gasteiger partial charge in [-0.3, -0.25) is 14.5 Å². The molecule has 1 fully saturated rings. The molecule has 1 heterocycles. The van der Waals surface area contributed by atoms with E-state index in [4.69, 9.17) is 21.1 Å². The number of benzene rings is 3. The summed E-state index contributed by atoms with van der Waals surface area (Å²) in [4.78, 5) is 39.3. The highest BCUT2D eigenvalue weighted by Gasteiger charge is 2.35. The van der Waals surface area contributed by atoms with Crippen molar-refractivity contribution in [3.63, 3.8) is 0 Å². The van der Waals surface area contributed by atoms with Crippen molar-refractivity contribution in [3.8, 4) is 11.5 Å². The highest BCUT2D eigenvalue weighted by Crippen LogP contribution is 2.35. The molecule has 0 unspecified atom stereocenters. The Morgan fingerprint density at radius 1 is 1.00 bits per heavy atom. The smallest absolute Gasteiger partial charge is 0.343 e. The highest BCUT2D eigenvalue weighted by atomic mass is 35.5. The number of hydrogen-bond acceptors (Lipinski definition) is 6. The molecule has 3 aromatic rings. The van der Waals surface area contributed by atoms with Gasteiger partial charge in [-0.05, 0) is 72.3 Å². The quantitative estimate of drug-likeness (QED) is 0.222. The standard InChI is InChI=1S/C26H20ClNO5S/c1-2-32-22-14-18(8-13-21(22)33-25(30)19-9-11-20(27)12-10-19)15-23-24(29)28(26(31)34-23)16-17-6-4-3-5-7-17/h3-15H,2,16H2,1H3/b23-15-. The summed E-state index contributed by atoms with van der Waals surface area (Å²) in [6.07, 6.45) is 1.63. The van der Waals surface area contributed by atoms with Gasteiger partial charge in [-0.1, -0.05) is 48.0 Å². The van der Waals surface area contributed by atoms with Crippen molar-refractivity contribution in [3.05, 3.63) is 99.4 Å². The molecule has 34 heavy (non-hydrogen) atoms. The van der Waals surface area contributed by atoms with E-state index in [0.29, 0.717) is 33.4 Å². The Balaban J connectivity index is 1.53. The van der Waals surface area contributed by atoms with Crippen LogP contribution < -0.4 is 9.47 Å². The van der Waals surface area contributed by atoms with Gasteiger partial charge in [-0.25, -0.2) is 4.79 Å². The molecule has 0 spiro atoms. The zero-order chi connectivity index (χ0) is 24.1. The third-order valence-corrected chi connectivity index (χ3v) is 6.06. The molecule has 1 aliphatic rings. The minimum atomic E-state index is -0.549. The normalized spacial score (nSPS) is 14.5. The lowest BCUT2D eigenvalue weighted by atomic mass is 10.1. The molecule has 3 aromatic carbocycles. The van der Waals surface area contributed by atoms with Crippen LogP contribution in [0.2, 0.25) is 5.02 Å². The number of carbonyl (C=O) groups is 3. The molecule has 0 saturated carbocycles. The van der Waals surface area contributed by atoms with Crippen molar-refractivity contribution in [2.24, 2.45) is 0 Å². The van der Waals surface area contributed by atoms with Crippen LogP contribution in [0.1, 0.15) is 28.4 Å². The summed E-state index contributed by atoms with van der Waals surface area (Å²) in [6.45, 7) is 2.38. The number of carbonyl (C=O) groups excluding carboxylic acids is 3. The first-order valence-corrected chi connectivity index (χ1v) is 11.7. The van der Waals surface area contributed by atoms with E-state index in [9.17, 15) is 14.4 Å². The average molecular weight is 494 g/mol. The van der Waals surface area contributed by atoms with Gasteiger partial charge in [0.15, 0.2) is 11.5 Å². The zero-order valence-corrected chi connectivity index (χ0v) is 19.8. The minimum Gasteiger partial charge on any atom is -0.490 e. The Kier molecular flexibility index (Phi) is 7.35. The van der Waals surface area contributed by atoms with Gasteiger partial charge in [0, 0.05) is 5.02 Å². The minimum absolute atomic E-state index is 0.215. The van der Waals surface area contributed by atoms with Gasteiger partial charge in [0.05, 0.1) is 23.6 Å². The van der Waals surface area contributed by atoms with Crippen LogP contribution in [0, 0.1) is 0 Å². The van der Waals surface area contributed by atoms with Gasteiger partial charge in [0.25, 0.3) is 11.1 Å². The van der Waals surface area contributed by atoms with Crippen molar-refractivity contribution >= 4 is 46.6 Å². The molecule has 0 N–H and O–H groups in total. The van der Waals surface area contributed by atoms with Crippen molar-refractivity contribution in [2.75, 3.05) is 6.61 Å². The lowest BCUT2D eigenvalue weighted by Crippen LogP contribution is -2.27. The molecular weight excluding hydrogens is 474 g/mol. The number of thioether (sulfide) groups is 1. The molecule has 0 aliphatic carbocycles. The molecule has 2 amide bonds. The largest absolute Gasteiger partial charge is 0.490 e. The Morgan fingerprint density at radius 2 is 1.74 bits per heavy atom. The van der Waals surface area contributed by atoms with Gasteiger partial charge in [-0.15, -0.1) is 0 Å². The zero-order valence-electron chi connectivity index (χ0n) is 18.2. The maximum absolute atomic E-state index is 12.8. The predicted octanol–water partition coefficient (Wildman–Crippen LogP) is 6.19. The fourth-order valence-corrected chi connectivity index (χ4v) is 4.23. The number of nitrogens with zero attached hydrogens (tertiary/aromatic N) is 1. The van der Waals surface area contributed by atoms with E-state index in [1.807, 2.05) is 37.3 Å². The number of esters is 1. The van der Waals surface area contributed by atoms with E-state index in [-0.39, 0.29) is 23.4 Å². The number of rotatable bonds is 7. The van der Waals surface area contributed by atoms with Crippen LogP contribution in [0.5, 0.6) is 11.5 Å². The molecular formula is C26H20ClNO5S. The van der Waals surface area contributed by atoms with Crippen molar-refractivity contribution < 1.29 is 23.9 Å². The third kappa shape index (κ3) is 5.50. The molecule has 1 aliphatic heterocycles. The van der Waals surface area contributed by atoms with Gasteiger partial charge in [0.2, 0.25) is 0 Å². The fraction of sp³-hybridized carbons (Fsp3) is 0.115. The van der Waals surface area contributed by atoms with Crippen molar-refractivity contribution in [1.82, 2.24) is 4.90 Å². The second-order valence-electron chi connectivity index (χ2n) is 7.29. The second-order valence-corrected chi connectivity index (χ2v) is 8.72. The summed E-state index contributed by atoms with van der Waals surface area (Å²) in [5.41, 5.74) is 1.86. The molecule has 172 valence electrons. The van der Waals surface area contributed by atoms with E-state index < -0.39 is 5.97 Å². The van der Waals surface area contributed by atoms with Crippen LogP contribution in [0.3, 0.4) is 0 Å². The number of imide groups is 1. The van der Waals surface area contributed by atoms with E-state index >= 15 is 0 Å². The van der Waals surface area contributed by atoms with Crippen LogP contribution in [0.25, 0.3) is 6.08 Å². The summed E-state index contributed by atoms with van der Waals surface area (Å²) in [7, 11) is 0. The van der Waals surface area contributed by atoms with Crippen molar-refractivity contribution in [2.45, 2.75) is 13.5 Å². The van der Waals surface area contributed by atoms with Gasteiger partial charge >= 0.3 is 5.97 Å². The van der Waals surface area contributed by atoms with Crippen LogP contribution in [0.15, 0.2) is 77.7 Å². The summed E-state index contributed by atoms with van der Waals surface area (Å²) < 4.78 is 11.2. The summed E-state index contributed by atoms with van der Waals surface area (Å²) in [5.74, 6) is -0.305. The van der Waals surface area contributed by atoms with Crippen LogP contribution in [-0.2, 0) is 11.3 Å². The SMILES string of the molecule is CCOc1cc(/C=C2\SC(=O)N(Cc3ccccc3)C2=O)ccc1OC(=O)c1ccc(Cl)cc1. The maximum atomic E-state index is 12.8. The van der Waals surface area contributed by atoms with E-state index in [2.05, 4.69) is 0 Å². The van der Waals surface area contributed by atoms with E-state index in [1.54, 1.807) is 48.5 Å². The molecule has 0 radical (unpaired) electrons. The third-order valence-electron chi connectivity index (χ3n) is 4.91. The number of amides is 2. The molecule has 0 atom stereocenters. The van der Waals surface area contributed by atoms with Gasteiger partial charge in [-0.2, -0.15) is 0 Å². The Bertz CT molecular complexity index is 1260. The Labute approximate surface area is 206 Å². The van der Waals surface area contributed by atoms with E-state index in [1.165, 1.54) is 4.90 Å². The first-order chi connectivity index (χ1) is 16.4. The number of hydrogen-bond donors (Lipinski definition) is 0. The monoisotopic (exact) mass is 493 g/mol. The maximum Gasteiger partial charge on any atom is 0.343 e. The molecule has 8 heteroatoms. The summed E-state index contributed by atoms with van der Waals surface area (Å²) in [5, 5.41) is 0.197. The molecule has 6 nitrogen and oxygen atoms in total. The second kappa shape index (κ2) is 10.6. The average Bonchev–Trinajstić information content (AvgIpc) is 3.09. The molecule has 0 bridgehead atoms. The van der Waals surface area contributed by atoms with Gasteiger partial charge in [0.1, 0.15) is 0 Å². The molecule has 0 aromatic heterocycles. The summed E-state index contributed by atoms with van der Waals surface area (Å²) in [6, 6.07) is 20.7. The topological polar surface area (TPSA) is 72.9 Å². The summed E-state index contributed by atoms with van der Waals surface area (Å²) >= 11 is 6.76. The number of halogens is 1. The fourth-order valence-electron chi connectivity index (χ4n) is 3.27. The van der Waals surface area contributed by atoms with Crippen molar-refractivity contribution in [1.29, 1.82) is 0 Å².